The summed E-state index contributed by atoms with van der Waals surface area (Å²) in [5.41, 5.74) is 4.94. The second-order valence-corrected chi connectivity index (χ2v) is 13.8. The molecule has 0 bridgehead atoms. The number of rotatable bonds is 9. The summed E-state index contributed by atoms with van der Waals surface area (Å²) in [5, 5.41) is 26.0. The largest absolute Gasteiger partial charge is 0.478 e. The molecule has 3 fully saturated rings. The number of aromatic nitrogens is 2. The normalized spacial score (nSPS) is 30.5. The smallest absolute Gasteiger partial charge is 0.352 e. The molecule has 4 aliphatic rings. The van der Waals surface area contributed by atoms with E-state index < -0.39 is 23.4 Å². The van der Waals surface area contributed by atoms with E-state index in [1.54, 1.807) is 11.8 Å². The number of aliphatic carboxylic acids is 2. The van der Waals surface area contributed by atoms with Crippen LogP contribution in [0.2, 0.25) is 0 Å². The standard InChI is InChI=1S/C24H34N8O6S2/c1-24(2,22(36)37)38-28-16(18-27-23(25)40-29-18)19(33)26-15-7-31-17(21(34)35)14(11-39-20(15)31)10-32(4)8-12-5-30(3)6-13(12)9-32/h12-13,15,20H,5-11H2,1-4H3,(H4-,25,26,27,29,33,34,35,36,37)/p+1/b28-16-/t12?,13?,15-,20-,32?/m1/s1. The van der Waals surface area contributed by atoms with E-state index in [2.05, 4.69) is 38.8 Å². The van der Waals surface area contributed by atoms with Crippen LogP contribution in [0.25, 0.3) is 0 Å². The van der Waals surface area contributed by atoms with Gasteiger partial charge in [0.05, 0.1) is 31.6 Å². The summed E-state index contributed by atoms with van der Waals surface area (Å²) in [6, 6.07) is -0.367. The Bertz CT molecular complexity index is 1270. The summed E-state index contributed by atoms with van der Waals surface area (Å²) in [5.74, 6) is -1.09. The number of carbonyl (C=O) groups excluding carboxylic acids is 1. The lowest BCUT2D eigenvalue weighted by Gasteiger charge is -2.52. The number of fused-ring (bicyclic) bond motifs is 2. The molecule has 14 nitrogen and oxygen atoms in total. The van der Waals surface area contributed by atoms with Gasteiger partial charge >= 0.3 is 11.9 Å². The van der Waals surface area contributed by atoms with Gasteiger partial charge in [0, 0.05) is 54.3 Å². The summed E-state index contributed by atoms with van der Waals surface area (Å²) in [6.45, 7) is 7.92. The molecule has 1 amide bonds. The Labute approximate surface area is 240 Å². The molecule has 4 aliphatic heterocycles. The van der Waals surface area contributed by atoms with Crippen LogP contribution in [-0.2, 0) is 19.2 Å². The quantitative estimate of drug-likeness (QED) is 0.164. The van der Waals surface area contributed by atoms with Gasteiger partial charge in [-0.15, -0.1) is 11.8 Å². The summed E-state index contributed by atoms with van der Waals surface area (Å²) in [4.78, 5) is 50.5. The third kappa shape index (κ3) is 5.49. The van der Waals surface area contributed by atoms with Crippen LogP contribution in [0.1, 0.15) is 19.7 Å². The van der Waals surface area contributed by atoms with Crippen LogP contribution in [0, 0.1) is 11.8 Å². The maximum atomic E-state index is 13.2. The van der Waals surface area contributed by atoms with Gasteiger partial charge in [-0.3, -0.25) is 4.79 Å². The Morgan fingerprint density at radius 2 is 1.90 bits per heavy atom. The van der Waals surface area contributed by atoms with E-state index in [-0.39, 0.29) is 28.1 Å². The van der Waals surface area contributed by atoms with E-state index in [1.165, 1.54) is 13.8 Å². The number of anilines is 1. The molecule has 0 radical (unpaired) electrons. The zero-order chi connectivity index (χ0) is 29.0. The number of carbonyl (C=O) groups is 3. The number of likely N-dealkylation sites (tertiary alicyclic amines) is 2. The van der Waals surface area contributed by atoms with Gasteiger partial charge in [0.25, 0.3) is 5.91 Å². The van der Waals surface area contributed by atoms with Gasteiger partial charge in [-0.2, -0.15) is 9.36 Å². The van der Waals surface area contributed by atoms with E-state index in [9.17, 15) is 24.6 Å². The number of nitrogens with two attached hydrogens (primary N) is 1. The van der Waals surface area contributed by atoms with E-state index >= 15 is 0 Å². The third-order valence-corrected chi connectivity index (χ3v) is 10.0. The first-order valence-electron chi connectivity index (χ1n) is 13.0. The minimum atomic E-state index is -1.69. The molecule has 16 heteroatoms. The summed E-state index contributed by atoms with van der Waals surface area (Å²) in [6.07, 6.45) is 0. The van der Waals surface area contributed by atoms with Gasteiger partial charge in [0.1, 0.15) is 12.2 Å². The summed E-state index contributed by atoms with van der Waals surface area (Å²) in [7, 11) is 4.39. The number of nitrogens with zero attached hydrogens (tertiary/aromatic N) is 6. The second kappa shape index (κ2) is 10.5. The Kier molecular flexibility index (Phi) is 7.48. The monoisotopic (exact) mass is 595 g/mol. The average molecular weight is 596 g/mol. The van der Waals surface area contributed by atoms with Crippen molar-refractivity contribution in [2.45, 2.75) is 30.9 Å². The molecule has 40 heavy (non-hydrogen) atoms. The molecule has 1 aromatic heterocycles. The Morgan fingerprint density at radius 3 is 2.48 bits per heavy atom. The molecule has 0 aromatic carbocycles. The molecule has 2 unspecified atom stereocenters. The van der Waals surface area contributed by atoms with Gasteiger partial charge in [0.2, 0.25) is 17.1 Å². The maximum absolute atomic E-state index is 13.2. The van der Waals surface area contributed by atoms with Crippen molar-refractivity contribution >= 4 is 52.0 Å². The maximum Gasteiger partial charge on any atom is 0.352 e. The SMILES string of the molecule is CN1CC2C[N+](C)(CC3=C(C(=O)O)N4C[C@@H](NC(=O)/C(=N\OC(C)(C)C(=O)O)c5nsc(N)n5)[C@H]4SC3)CC2C1. The van der Waals surface area contributed by atoms with Gasteiger partial charge in [-0.1, -0.05) is 5.16 Å². The number of carboxylic acid groups (broad SMARTS) is 2. The minimum Gasteiger partial charge on any atom is -0.478 e. The van der Waals surface area contributed by atoms with Crippen molar-refractivity contribution in [2.24, 2.45) is 17.0 Å². The number of hydrogen-bond acceptors (Lipinski definition) is 12. The van der Waals surface area contributed by atoms with Gasteiger partial charge in [0.15, 0.2) is 5.13 Å². The van der Waals surface area contributed by atoms with Crippen molar-refractivity contribution in [3.63, 3.8) is 0 Å². The molecule has 0 aliphatic carbocycles. The molecule has 0 spiro atoms. The van der Waals surface area contributed by atoms with Crippen LogP contribution in [0.4, 0.5) is 5.13 Å². The highest BCUT2D eigenvalue weighted by Gasteiger charge is 2.51. The van der Waals surface area contributed by atoms with Crippen molar-refractivity contribution in [2.75, 3.05) is 64.9 Å². The molecular weight excluding hydrogens is 560 g/mol. The lowest BCUT2D eigenvalue weighted by atomic mass is 10.0. The zero-order valence-corrected chi connectivity index (χ0v) is 24.5. The average Bonchev–Trinajstić information content (AvgIpc) is 3.49. The Hall–Kier alpha value is -2.95. The molecule has 1 aromatic rings. The van der Waals surface area contributed by atoms with E-state index in [0.29, 0.717) is 36.4 Å². The lowest BCUT2D eigenvalue weighted by Crippen LogP contribution is -2.67. The molecule has 4 atom stereocenters. The van der Waals surface area contributed by atoms with Crippen molar-refractivity contribution < 1.29 is 33.9 Å². The molecule has 5 heterocycles. The topological polar surface area (TPSA) is 184 Å². The van der Waals surface area contributed by atoms with Gasteiger partial charge in [-0.25, -0.2) is 9.59 Å². The first-order chi connectivity index (χ1) is 18.8. The number of hydrogen-bond donors (Lipinski definition) is 4. The zero-order valence-electron chi connectivity index (χ0n) is 22.9. The first-order valence-corrected chi connectivity index (χ1v) is 14.8. The predicted octanol–water partition coefficient (Wildman–Crippen LogP) is -0.446. The molecule has 0 saturated carbocycles. The van der Waals surface area contributed by atoms with Crippen LogP contribution in [0.3, 0.4) is 0 Å². The molecule has 5 N–H and O–H groups in total. The number of amides is 1. The van der Waals surface area contributed by atoms with Gasteiger partial charge < -0.3 is 40.4 Å². The van der Waals surface area contributed by atoms with Gasteiger partial charge in [-0.05, 0) is 20.9 Å². The molecular formula is C24H35N8O6S2+. The highest BCUT2D eigenvalue weighted by Crippen LogP contribution is 2.42. The first kappa shape index (κ1) is 28.6. The summed E-state index contributed by atoms with van der Waals surface area (Å²) >= 11 is 2.47. The van der Waals surface area contributed by atoms with Crippen LogP contribution >= 0.6 is 23.3 Å². The predicted molar refractivity (Wildman–Crippen MR) is 148 cm³/mol. The minimum absolute atomic E-state index is 0.0828. The number of nitrogen functional groups attached to an aromatic ring is 1. The molecule has 218 valence electrons. The lowest BCUT2D eigenvalue weighted by molar-refractivity contribution is -0.896. The van der Waals surface area contributed by atoms with E-state index in [1.807, 2.05) is 4.90 Å². The van der Waals surface area contributed by atoms with Crippen molar-refractivity contribution in [1.82, 2.24) is 24.5 Å². The Morgan fingerprint density at radius 1 is 1.23 bits per heavy atom. The van der Waals surface area contributed by atoms with Crippen molar-refractivity contribution in [3.8, 4) is 0 Å². The van der Waals surface area contributed by atoms with E-state index in [0.717, 1.165) is 47.8 Å². The van der Waals surface area contributed by atoms with Crippen LogP contribution in [0.15, 0.2) is 16.4 Å². The van der Waals surface area contributed by atoms with Crippen molar-refractivity contribution in [3.05, 3.63) is 17.1 Å². The number of likely N-dealkylation sites (N-methyl/N-ethyl adjacent to an activating group) is 1. The van der Waals surface area contributed by atoms with Crippen LogP contribution in [-0.4, -0.2) is 134 Å². The fourth-order valence-electron chi connectivity index (χ4n) is 6.21. The van der Waals surface area contributed by atoms with E-state index in [4.69, 9.17) is 10.6 Å². The van der Waals surface area contributed by atoms with Crippen LogP contribution in [0.5, 0.6) is 0 Å². The number of quaternary nitrogens is 1. The second-order valence-electron chi connectivity index (χ2n) is 11.9. The third-order valence-electron chi connectivity index (χ3n) is 8.05. The van der Waals surface area contributed by atoms with Crippen molar-refractivity contribution in [1.29, 1.82) is 0 Å². The molecule has 5 rings (SSSR count). The summed E-state index contributed by atoms with van der Waals surface area (Å²) < 4.78 is 4.87. The fraction of sp³-hybridized carbons (Fsp3) is 0.667. The Balaban J connectivity index is 1.28. The number of nitrogens with one attached hydrogen (secondary N) is 1. The fourth-order valence-corrected chi connectivity index (χ4v) is 8.01. The highest BCUT2D eigenvalue weighted by molar-refractivity contribution is 8.00. The molecule has 3 saturated heterocycles. The highest BCUT2D eigenvalue weighted by atomic mass is 32.2. The number of thioether (sulfide) groups is 1. The number of carboxylic acids is 2. The number of oxime groups is 1. The van der Waals surface area contributed by atoms with Crippen LogP contribution < -0.4 is 11.1 Å².